The lowest BCUT2D eigenvalue weighted by atomic mass is 9.99. The Morgan fingerprint density at radius 3 is 2.22 bits per heavy atom. The van der Waals surface area contributed by atoms with Crippen LogP contribution in [-0.4, -0.2) is 58.6 Å². The van der Waals surface area contributed by atoms with Crippen molar-refractivity contribution in [2.24, 2.45) is 0 Å². The first-order chi connectivity index (χ1) is 19.6. The first kappa shape index (κ1) is 29.7. The van der Waals surface area contributed by atoms with Gasteiger partial charge >= 0.3 is 0 Å². The third-order valence-corrected chi connectivity index (χ3v) is 6.75. The number of nitrogens with zero attached hydrogens (tertiary/aromatic N) is 4. The second-order valence-electron chi connectivity index (χ2n) is 10.4. The highest BCUT2D eigenvalue weighted by Crippen LogP contribution is 2.41. The van der Waals surface area contributed by atoms with Crippen molar-refractivity contribution in [3.8, 4) is 17.2 Å². The van der Waals surface area contributed by atoms with Crippen LogP contribution in [0.15, 0.2) is 60.7 Å². The number of nitrogens with one attached hydrogen (secondary N) is 1. The van der Waals surface area contributed by atoms with E-state index in [4.69, 9.17) is 25.8 Å². The van der Waals surface area contributed by atoms with Gasteiger partial charge in [0.1, 0.15) is 18.1 Å². The lowest BCUT2D eigenvalue weighted by Crippen LogP contribution is -2.49. The van der Waals surface area contributed by atoms with Crippen LogP contribution in [0.4, 0.5) is 0 Å². The van der Waals surface area contributed by atoms with Crippen LogP contribution >= 0.6 is 11.6 Å². The SMILES string of the molecule is COc1cc([C@@H](C(=O)NC(C)(C)C)N(Cc2ccccc2Cl)C(=O)Cn2nnc3ccccc32)cc(OC)c1OC. The molecule has 4 aromatic rings. The van der Waals surface area contributed by atoms with Crippen molar-refractivity contribution in [2.75, 3.05) is 21.3 Å². The molecule has 0 aliphatic carbocycles. The second-order valence-corrected chi connectivity index (χ2v) is 10.9. The summed E-state index contributed by atoms with van der Waals surface area (Å²) in [5, 5.41) is 11.9. The Balaban J connectivity index is 1.88. The Kier molecular flexibility index (Phi) is 9.02. The number of para-hydroxylation sites is 1. The summed E-state index contributed by atoms with van der Waals surface area (Å²) in [6.45, 7) is 5.51. The van der Waals surface area contributed by atoms with Gasteiger partial charge in [-0.15, -0.1) is 5.10 Å². The molecule has 0 radical (unpaired) electrons. The van der Waals surface area contributed by atoms with Crippen molar-refractivity contribution >= 4 is 34.4 Å². The fraction of sp³-hybridized carbons (Fsp3) is 0.333. The maximum absolute atomic E-state index is 14.2. The standard InChI is InChI=1S/C30H34ClN5O5/c1-30(2,3)32-29(38)27(20-15-24(39-4)28(41-6)25(16-20)40-5)35(17-19-11-7-8-12-21(19)31)26(37)18-36-23-14-10-9-13-22(23)33-34-36/h7-16,27H,17-18H2,1-6H3,(H,32,38)/t27-/m0/s1. The van der Waals surface area contributed by atoms with Gasteiger partial charge in [-0.3, -0.25) is 9.59 Å². The highest BCUT2D eigenvalue weighted by Gasteiger charge is 2.35. The van der Waals surface area contributed by atoms with Gasteiger partial charge < -0.3 is 24.4 Å². The number of carbonyl (C=O) groups is 2. The lowest BCUT2D eigenvalue weighted by molar-refractivity contribution is -0.142. The van der Waals surface area contributed by atoms with Crippen LogP contribution in [0.3, 0.4) is 0 Å². The number of carbonyl (C=O) groups excluding carboxylic acids is 2. The quantitative estimate of drug-likeness (QED) is 0.288. The molecule has 1 N–H and O–H groups in total. The van der Waals surface area contributed by atoms with Gasteiger partial charge in [-0.05, 0) is 62.2 Å². The van der Waals surface area contributed by atoms with E-state index in [9.17, 15) is 9.59 Å². The van der Waals surface area contributed by atoms with Crippen LogP contribution in [0, 0.1) is 0 Å². The van der Waals surface area contributed by atoms with Crippen LogP contribution in [0.1, 0.15) is 37.9 Å². The molecule has 3 aromatic carbocycles. The highest BCUT2D eigenvalue weighted by atomic mass is 35.5. The first-order valence-corrected chi connectivity index (χ1v) is 13.4. The molecule has 11 heteroatoms. The zero-order valence-electron chi connectivity index (χ0n) is 24.0. The molecule has 0 aliphatic rings. The summed E-state index contributed by atoms with van der Waals surface area (Å²) in [5.41, 5.74) is 1.90. The van der Waals surface area contributed by atoms with Crippen LogP contribution < -0.4 is 19.5 Å². The van der Waals surface area contributed by atoms with Crippen molar-refractivity contribution in [3.63, 3.8) is 0 Å². The molecule has 0 aliphatic heterocycles. The summed E-state index contributed by atoms with van der Waals surface area (Å²) in [6.07, 6.45) is 0. The molecule has 0 unspecified atom stereocenters. The van der Waals surface area contributed by atoms with Gasteiger partial charge in [-0.1, -0.05) is 47.1 Å². The molecular formula is C30H34ClN5O5. The molecule has 1 atom stereocenters. The van der Waals surface area contributed by atoms with Gasteiger partial charge in [0.2, 0.25) is 17.6 Å². The zero-order chi connectivity index (χ0) is 29.7. The molecule has 1 aromatic heterocycles. The number of halogens is 1. The third-order valence-electron chi connectivity index (χ3n) is 6.39. The summed E-state index contributed by atoms with van der Waals surface area (Å²) < 4.78 is 18.2. The van der Waals surface area contributed by atoms with Crippen molar-refractivity contribution in [1.29, 1.82) is 0 Å². The van der Waals surface area contributed by atoms with Crippen LogP contribution in [-0.2, 0) is 22.7 Å². The molecule has 0 spiro atoms. The summed E-state index contributed by atoms with van der Waals surface area (Å²) in [7, 11) is 4.49. The van der Waals surface area contributed by atoms with Crippen LogP contribution in [0.2, 0.25) is 5.02 Å². The van der Waals surface area contributed by atoms with Crippen LogP contribution in [0.5, 0.6) is 17.2 Å². The predicted molar refractivity (Wildman–Crippen MR) is 156 cm³/mol. The summed E-state index contributed by atoms with van der Waals surface area (Å²) in [6, 6.07) is 16.8. The Hall–Kier alpha value is -4.31. The fourth-order valence-electron chi connectivity index (χ4n) is 4.56. The number of hydrogen-bond donors (Lipinski definition) is 1. The van der Waals surface area contributed by atoms with Gasteiger partial charge in [0, 0.05) is 17.1 Å². The van der Waals surface area contributed by atoms with Gasteiger partial charge in [-0.25, -0.2) is 4.68 Å². The number of benzene rings is 3. The minimum Gasteiger partial charge on any atom is -0.493 e. The predicted octanol–water partition coefficient (Wildman–Crippen LogP) is 4.80. The van der Waals surface area contributed by atoms with E-state index in [0.717, 1.165) is 0 Å². The number of methoxy groups -OCH3 is 3. The van der Waals surface area contributed by atoms with E-state index in [2.05, 4.69) is 15.6 Å². The summed E-state index contributed by atoms with van der Waals surface area (Å²) >= 11 is 6.54. The number of rotatable bonds is 10. The third kappa shape index (κ3) is 6.71. The number of fused-ring (bicyclic) bond motifs is 1. The minimum absolute atomic E-state index is 0.0457. The highest BCUT2D eigenvalue weighted by molar-refractivity contribution is 6.31. The molecule has 0 bridgehead atoms. The van der Waals surface area contributed by atoms with Gasteiger partial charge in [0.05, 0.1) is 26.8 Å². The fourth-order valence-corrected chi connectivity index (χ4v) is 4.75. The number of ether oxygens (including phenoxy) is 3. The smallest absolute Gasteiger partial charge is 0.247 e. The zero-order valence-corrected chi connectivity index (χ0v) is 24.7. The molecule has 0 saturated heterocycles. The molecule has 1 heterocycles. The van der Waals surface area contributed by atoms with Crippen molar-refractivity contribution in [1.82, 2.24) is 25.2 Å². The molecular weight excluding hydrogens is 546 g/mol. The van der Waals surface area contributed by atoms with Crippen molar-refractivity contribution in [3.05, 3.63) is 76.8 Å². The Bertz CT molecular complexity index is 1520. The van der Waals surface area contributed by atoms with Gasteiger partial charge in [0.15, 0.2) is 11.5 Å². The Morgan fingerprint density at radius 1 is 0.976 bits per heavy atom. The first-order valence-electron chi connectivity index (χ1n) is 13.0. The van der Waals surface area contributed by atoms with E-state index in [0.29, 0.717) is 44.4 Å². The summed E-state index contributed by atoms with van der Waals surface area (Å²) in [4.78, 5) is 29.8. The second kappa shape index (κ2) is 12.5. The maximum Gasteiger partial charge on any atom is 0.247 e. The number of aromatic nitrogens is 3. The molecule has 2 amide bonds. The Morgan fingerprint density at radius 2 is 1.61 bits per heavy atom. The lowest BCUT2D eigenvalue weighted by Gasteiger charge is -2.34. The van der Waals surface area contributed by atoms with Gasteiger partial charge in [0.25, 0.3) is 0 Å². The van der Waals surface area contributed by atoms with Crippen molar-refractivity contribution in [2.45, 2.75) is 45.4 Å². The minimum atomic E-state index is -1.10. The Labute approximate surface area is 244 Å². The van der Waals surface area contributed by atoms with Crippen molar-refractivity contribution < 1.29 is 23.8 Å². The van der Waals surface area contributed by atoms with E-state index < -0.39 is 17.5 Å². The van der Waals surface area contributed by atoms with E-state index in [1.807, 2.05) is 63.2 Å². The van der Waals surface area contributed by atoms with E-state index in [1.54, 1.807) is 18.2 Å². The molecule has 216 valence electrons. The molecule has 4 rings (SSSR count). The molecule has 0 fully saturated rings. The largest absolute Gasteiger partial charge is 0.493 e. The topological polar surface area (TPSA) is 108 Å². The molecule has 0 saturated carbocycles. The molecule has 10 nitrogen and oxygen atoms in total. The van der Waals surface area contributed by atoms with Crippen LogP contribution in [0.25, 0.3) is 11.0 Å². The number of amides is 2. The summed E-state index contributed by atoms with van der Waals surface area (Å²) in [5.74, 6) is 0.302. The maximum atomic E-state index is 14.2. The number of hydrogen-bond acceptors (Lipinski definition) is 7. The monoisotopic (exact) mass is 579 g/mol. The molecule has 41 heavy (non-hydrogen) atoms. The van der Waals surface area contributed by atoms with E-state index >= 15 is 0 Å². The van der Waals surface area contributed by atoms with E-state index in [1.165, 1.54) is 30.9 Å². The average Bonchev–Trinajstić information content (AvgIpc) is 3.34. The van der Waals surface area contributed by atoms with E-state index in [-0.39, 0.29) is 19.0 Å². The average molecular weight is 580 g/mol. The normalized spacial score (nSPS) is 12.1. The van der Waals surface area contributed by atoms with Gasteiger partial charge in [-0.2, -0.15) is 0 Å².